The SMILES string of the molecule is Cc1ccc(Cn2c(=O)c3c(nc4n3C[C@@H](C)CN4c3ccc(Oc4ccccc4)cc3)n(C)c2=O)cc1. The van der Waals surface area contributed by atoms with Crippen molar-refractivity contribution in [3.8, 4) is 11.5 Å². The van der Waals surface area contributed by atoms with Gasteiger partial charge in [-0.25, -0.2) is 4.79 Å². The molecule has 2 aromatic heterocycles. The van der Waals surface area contributed by atoms with E-state index in [9.17, 15) is 9.59 Å². The summed E-state index contributed by atoms with van der Waals surface area (Å²) in [6, 6.07) is 25.4. The zero-order valence-electron chi connectivity index (χ0n) is 21.7. The lowest BCUT2D eigenvalue weighted by atomic mass is 10.1. The molecule has 1 aliphatic heterocycles. The lowest BCUT2D eigenvalue weighted by Gasteiger charge is -2.33. The van der Waals surface area contributed by atoms with Crippen LogP contribution in [-0.4, -0.2) is 25.2 Å². The highest BCUT2D eigenvalue weighted by molar-refractivity contribution is 5.77. The van der Waals surface area contributed by atoms with Crippen LogP contribution in [-0.2, 0) is 20.1 Å². The van der Waals surface area contributed by atoms with Crippen molar-refractivity contribution >= 4 is 22.8 Å². The largest absolute Gasteiger partial charge is 0.457 e. The van der Waals surface area contributed by atoms with E-state index in [0.717, 1.165) is 34.9 Å². The molecule has 192 valence electrons. The van der Waals surface area contributed by atoms with Crippen molar-refractivity contribution < 1.29 is 4.74 Å². The Hall–Kier alpha value is -4.59. The van der Waals surface area contributed by atoms with Gasteiger partial charge in [0, 0.05) is 25.8 Å². The normalized spacial score (nSPS) is 15.0. The van der Waals surface area contributed by atoms with Crippen LogP contribution in [0.25, 0.3) is 11.2 Å². The molecule has 1 atom stereocenters. The smallest absolute Gasteiger partial charge is 0.332 e. The van der Waals surface area contributed by atoms with Gasteiger partial charge in [0.1, 0.15) is 11.5 Å². The number of benzene rings is 3. The van der Waals surface area contributed by atoms with Crippen molar-refractivity contribution in [3.63, 3.8) is 0 Å². The molecule has 0 spiro atoms. The molecular formula is C30H29N5O3. The fourth-order valence-corrected chi connectivity index (χ4v) is 5.06. The summed E-state index contributed by atoms with van der Waals surface area (Å²) in [6.45, 7) is 5.77. The molecule has 3 heterocycles. The van der Waals surface area contributed by atoms with Crippen LogP contribution in [0, 0.1) is 12.8 Å². The molecule has 0 amide bonds. The van der Waals surface area contributed by atoms with Gasteiger partial charge in [-0.2, -0.15) is 4.98 Å². The number of para-hydroxylation sites is 1. The van der Waals surface area contributed by atoms with Gasteiger partial charge in [0.05, 0.1) is 6.54 Å². The third-order valence-corrected chi connectivity index (χ3v) is 7.03. The third kappa shape index (κ3) is 4.18. The number of imidazole rings is 1. The summed E-state index contributed by atoms with van der Waals surface area (Å²) < 4.78 is 10.7. The quantitative estimate of drug-likeness (QED) is 0.341. The fourth-order valence-electron chi connectivity index (χ4n) is 5.06. The molecule has 0 aliphatic carbocycles. The Labute approximate surface area is 220 Å². The molecule has 6 rings (SSSR count). The molecule has 5 aromatic rings. The number of aromatic nitrogens is 4. The molecule has 0 unspecified atom stereocenters. The van der Waals surface area contributed by atoms with Crippen LogP contribution in [0.5, 0.6) is 11.5 Å². The number of hydrogen-bond donors (Lipinski definition) is 0. The van der Waals surface area contributed by atoms with E-state index in [1.807, 2.05) is 90.4 Å². The van der Waals surface area contributed by atoms with E-state index in [2.05, 4.69) is 11.8 Å². The minimum Gasteiger partial charge on any atom is -0.457 e. The molecule has 0 fully saturated rings. The average Bonchev–Trinajstić information content (AvgIpc) is 3.31. The topological polar surface area (TPSA) is 74.3 Å². The number of ether oxygens (including phenoxy) is 1. The summed E-state index contributed by atoms with van der Waals surface area (Å²) in [7, 11) is 1.68. The highest BCUT2D eigenvalue weighted by atomic mass is 16.5. The second-order valence-corrected chi connectivity index (χ2v) is 10.0. The maximum absolute atomic E-state index is 13.7. The first-order valence-corrected chi connectivity index (χ1v) is 12.7. The first kappa shape index (κ1) is 23.8. The van der Waals surface area contributed by atoms with E-state index in [-0.39, 0.29) is 23.7 Å². The lowest BCUT2D eigenvalue weighted by Crippen LogP contribution is -2.40. The van der Waals surface area contributed by atoms with Crippen LogP contribution in [0.15, 0.2) is 88.5 Å². The number of aryl methyl sites for hydroxylation is 2. The number of hydrogen-bond acceptors (Lipinski definition) is 5. The number of rotatable bonds is 5. The maximum atomic E-state index is 13.7. The molecular weight excluding hydrogens is 478 g/mol. The predicted octanol–water partition coefficient (Wildman–Crippen LogP) is 4.83. The van der Waals surface area contributed by atoms with E-state index in [1.54, 1.807) is 7.05 Å². The van der Waals surface area contributed by atoms with E-state index in [0.29, 0.717) is 23.7 Å². The fraction of sp³-hybridized carbons (Fsp3) is 0.233. The van der Waals surface area contributed by atoms with Crippen molar-refractivity contribution in [2.75, 3.05) is 11.4 Å². The molecule has 0 radical (unpaired) electrons. The van der Waals surface area contributed by atoms with E-state index < -0.39 is 0 Å². The molecule has 8 heteroatoms. The molecule has 3 aromatic carbocycles. The molecule has 8 nitrogen and oxygen atoms in total. The third-order valence-electron chi connectivity index (χ3n) is 7.03. The number of fused-ring (bicyclic) bond motifs is 3. The summed E-state index contributed by atoms with van der Waals surface area (Å²) in [5, 5.41) is 0. The standard InChI is InChI=1S/C30H29N5O3/c1-20-9-11-22(12-10-20)19-35-28(36)26-27(32(3)30(35)37)31-29-33(17-21(2)18-34(26)29)23-13-15-25(16-14-23)38-24-7-5-4-6-8-24/h4-16,21H,17-19H2,1-3H3/t21-/m0/s1. The molecule has 0 N–H and O–H groups in total. The van der Waals surface area contributed by atoms with Crippen molar-refractivity contribution in [2.24, 2.45) is 13.0 Å². The van der Waals surface area contributed by atoms with Gasteiger partial charge in [-0.1, -0.05) is 55.0 Å². The summed E-state index contributed by atoms with van der Waals surface area (Å²) in [5.74, 6) is 2.44. The zero-order valence-corrected chi connectivity index (χ0v) is 21.7. The van der Waals surface area contributed by atoms with Gasteiger partial charge in [-0.05, 0) is 54.8 Å². The van der Waals surface area contributed by atoms with Crippen molar-refractivity contribution in [1.29, 1.82) is 0 Å². The number of anilines is 2. The van der Waals surface area contributed by atoms with Crippen molar-refractivity contribution in [1.82, 2.24) is 18.7 Å². The average molecular weight is 508 g/mol. The van der Waals surface area contributed by atoms with Crippen LogP contribution in [0.1, 0.15) is 18.1 Å². The zero-order chi connectivity index (χ0) is 26.4. The van der Waals surface area contributed by atoms with E-state index in [4.69, 9.17) is 9.72 Å². The monoisotopic (exact) mass is 507 g/mol. The molecule has 0 saturated carbocycles. The van der Waals surface area contributed by atoms with Gasteiger partial charge in [0.25, 0.3) is 5.56 Å². The Kier molecular flexibility index (Phi) is 5.87. The second kappa shape index (κ2) is 9.37. The lowest BCUT2D eigenvalue weighted by molar-refractivity contribution is 0.457. The summed E-state index contributed by atoms with van der Waals surface area (Å²) in [5.41, 5.74) is 3.14. The Balaban J connectivity index is 1.41. The highest BCUT2D eigenvalue weighted by Gasteiger charge is 2.30. The van der Waals surface area contributed by atoms with Gasteiger partial charge in [0.15, 0.2) is 11.2 Å². The van der Waals surface area contributed by atoms with Crippen LogP contribution in [0.4, 0.5) is 11.6 Å². The second-order valence-electron chi connectivity index (χ2n) is 10.0. The molecule has 0 saturated heterocycles. The highest BCUT2D eigenvalue weighted by Crippen LogP contribution is 2.34. The summed E-state index contributed by atoms with van der Waals surface area (Å²) in [6.07, 6.45) is 0. The Bertz CT molecular complexity index is 1730. The Morgan fingerprint density at radius 3 is 2.29 bits per heavy atom. The molecule has 0 bridgehead atoms. The Morgan fingerprint density at radius 2 is 1.58 bits per heavy atom. The minimum absolute atomic E-state index is 0.213. The first-order valence-electron chi connectivity index (χ1n) is 12.7. The molecule has 38 heavy (non-hydrogen) atoms. The van der Waals surface area contributed by atoms with Crippen molar-refractivity contribution in [3.05, 3.63) is 111 Å². The predicted molar refractivity (Wildman–Crippen MR) is 149 cm³/mol. The van der Waals surface area contributed by atoms with E-state index >= 15 is 0 Å². The van der Waals surface area contributed by atoms with Gasteiger partial charge >= 0.3 is 5.69 Å². The van der Waals surface area contributed by atoms with Gasteiger partial charge in [0.2, 0.25) is 5.95 Å². The van der Waals surface area contributed by atoms with Gasteiger partial charge in [-0.15, -0.1) is 0 Å². The Morgan fingerprint density at radius 1 is 0.895 bits per heavy atom. The minimum atomic E-state index is -0.375. The van der Waals surface area contributed by atoms with Crippen LogP contribution >= 0.6 is 0 Å². The van der Waals surface area contributed by atoms with Gasteiger partial charge < -0.3 is 14.2 Å². The van der Waals surface area contributed by atoms with Crippen LogP contribution < -0.4 is 20.9 Å². The first-order chi connectivity index (χ1) is 18.4. The molecule has 1 aliphatic rings. The summed E-state index contributed by atoms with van der Waals surface area (Å²) >= 11 is 0. The van der Waals surface area contributed by atoms with Crippen LogP contribution in [0.2, 0.25) is 0 Å². The van der Waals surface area contributed by atoms with Crippen molar-refractivity contribution in [2.45, 2.75) is 26.9 Å². The van der Waals surface area contributed by atoms with Crippen LogP contribution in [0.3, 0.4) is 0 Å². The van der Waals surface area contributed by atoms with E-state index in [1.165, 1.54) is 9.13 Å². The van der Waals surface area contributed by atoms with Gasteiger partial charge in [-0.3, -0.25) is 13.9 Å². The maximum Gasteiger partial charge on any atom is 0.332 e. The number of nitrogens with zero attached hydrogens (tertiary/aromatic N) is 5. The summed E-state index contributed by atoms with van der Waals surface area (Å²) in [4.78, 5) is 33.9.